The number of nitrogens with zero attached hydrogens (tertiary/aromatic N) is 1. The summed E-state index contributed by atoms with van der Waals surface area (Å²) in [7, 11) is 0. The average Bonchev–Trinajstić information content (AvgIpc) is 2.27. The highest BCUT2D eigenvalue weighted by Gasteiger charge is 2.20. The fourth-order valence-corrected chi connectivity index (χ4v) is 1.87. The van der Waals surface area contributed by atoms with Crippen molar-refractivity contribution in [3.8, 4) is 0 Å². The molecule has 102 valence electrons. The van der Waals surface area contributed by atoms with Crippen molar-refractivity contribution < 1.29 is 4.79 Å². The molecule has 0 rings (SSSR count). The van der Waals surface area contributed by atoms with Crippen LogP contribution in [0.25, 0.3) is 0 Å². The topological polar surface area (TPSA) is 46.3 Å². The van der Waals surface area contributed by atoms with E-state index in [-0.39, 0.29) is 11.9 Å². The van der Waals surface area contributed by atoms with Gasteiger partial charge in [-0.3, -0.25) is 4.79 Å². The lowest BCUT2D eigenvalue weighted by Crippen LogP contribution is -2.45. The Morgan fingerprint density at radius 2 is 1.59 bits per heavy atom. The second-order valence-electron chi connectivity index (χ2n) is 5.27. The summed E-state index contributed by atoms with van der Waals surface area (Å²) in [5.41, 5.74) is 5.97. The lowest BCUT2D eigenvalue weighted by molar-refractivity contribution is -0.133. The normalized spacial score (nSPS) is 12.8. The molecule has 1 amide bonds. The van der Waals surface area contributed by atoms with E-state index in [0.717, 1.165) is 45.2 Å². The number of hydrogen-bond acceptors (Lipinski definition) is 2. The molecule has 0 aromatic heterocycles. The van der Waals surface area contributed by atoms with Crippen molar-refractivity contribution in [1.82, 2.24) is 4.90 Å². The van der Waals surface area contributed by atoms with Gasteiger partial charge in [-0.2, -0.15) is 0 Å². The summed E-state index contributed by atoms with van der Waals surface area (Å²) >= 11 is 0. The van der Waals surface area contributed by atoms with Crippen LogP contribution in [0.4, 0.5) is 0 Å². The molecule has 0 aliphatic carbocycles. The number of hydrogen-bond donors (Lipinski definition) is 1. The summed E-state index contributed by atoms with van der Waals surface area (Å²) in [6.07, 6.45) is 5.17. The molecule has 0 aliphatic heterocycles. The first-order valence-corrected chi connectivity index (χ1v) is 7.07. The molecule has 3 nitrogen and oxygen atoms in total. The fraction of sp³-hybridized carbons (Fsp3) is 0.929. The largest absolute Gasteiger partial charge is 0.341 e. The van der Waals surface area contributed by atoms with Gasteiger partial charge in [-0.1, -0.05) is 40.5 Å². The van der Waals surface area contributed by atoms with Crippen molar-refractivity contribution in [1.29, 1.82) is 0 Å². The van der Waals surface area contributed by atoms with Crippen molar-refractivity contribution >= 4 is 5.91 Å². The predicted octanol–water partition coefficient (Wildman–Crippen LogP) is 2.79. The molecule has 0 bridgehead atoms. The summed E-state index contributed by atoms with van der Waals surface area (Å²) in [4.78, 5) is 14.1. The Morgan fingerprint density at radius 1 is 1.12 bits per heavy atom. The Labute approximate surface area is 107 Å². The zero-order valence-corrected chi connectivity index (χ0v) is 12.0. The molecular formula is C14H30N2O. The van der Waals surface area contributed by atoms with Gasteiger partial charge < -0.3 is 10.6 Å². The Balaban J connectivity index is 4.28. The highest BCUT2D eigenvalue weighted by Crippen LogP contribution is 2.08. The summed E-state index contributed by atoms with van der Waals surface area (Å²) in [6.45, 7) is 10.2. The Hall–Kier alpha value is -0.570. The van der Waals surface area contributed by atoms with Gasteiger partial charge in [-0.15, -0.1) is 0 Å². The molecule has 0 radical (unpaired) electrons. The van der Waals surface area contributed by atoms with E-state index in [1.165, 1.54) is 0 Å². The van der Waals surface area contributed by atoms with Crippen molar-refractivity contribution in [3.63, 3.8) is 0 Å². The van der Waals surface area contributed by atoms with E-state index in [2.05, 4.69) is 27.7 Å². The smallest absolute Gasteiger partial charge is 0.239 e. The van der Waals surface area contributed by atoms with Crippen LogP contribution >= 0.6 is 0 Å². The van der Waals surface area contributed by atoms with Crippen molar-refractivity contribution in [3.05, 3.63) is 0 Å². The van der Waals surface area contributed by atoms with Gasteiger partial charge >= 0.3 is 0 Å². The van der Waals surface area contributed by atoms with Crippen molar-refractivity contribution in [2.75, 3.05) is 13.1 Å². The zero-order valence-electron chi connectivity index (χ0n) is 12.0. The van der Waals surface area contributed by atoms with Crippen LogP contribution in [0.15, 0.2) is 0 Å². The molecule has 1 unspecified atom stereocenters. The monoisotopic (exact) mass is 242 g/mol. The number of rotatable bonds is 9. The molecule has 17 heavy (non-hydrogen) atoms. The van der Waals surface area contributed by atoms with Crippen LogP contribution in [0.5, 0.6) is 0 Å². The first-order valence-electron chi connectivity index (χ1n) is 7.07. The van der Waals surface area contributed by atoms with Crippen LogP contribution in [0.2, 0.25) is 0 Å². The summed E-state index contributed by atoms with van der Waals surface area (Å²) in [5, 5.41) is 0. The average molecular weight is 242 g/mol. The molecule has 3 heteroatoms. The van der Waals surface area contributed by atoms with Gasteiger partial charge in [0, 0.05) is 13.1 Å². The van der Waals surface area contributed by atoms with Gasteiger partial charge in [0.15, 0.2) is 0 Å². The molecule has 1 atom stereocenters. The first-order chi connectivity index (χ1) is 8.02. The Kier molecular flexibility index (Phi) is 9.14. The van der Waals surface area contributed by atoms with E-state index in [4.69, 9.17) is 5.73 Å². The van der Waals surface area contributed by atoms with Crippen molar-refractivity contribution in [2.24, 2.45) is 11.7 Å². The molecule has 2 N–H and O–H groups in total. The fourth-order valence-electron chi connectivity index (χ4n) is 1.87. The highest BCUT2D eigenvalue weighted by molar-refractivity contribution is 5.81. The summed E-state index contributed by atoms with van der Waals surface area (Å²) in [5.74, 6) is 0.619. The SMILES string of the molecule is CCCCN(CCCC)C(=O)C(N)CC(C)C. The van der Waals surface area contributed by atoms with Crippen LogP contribution in [0, 0.1) is 5.92 Å². The number of unbranched alkanes of at least 4 members (excludes halogenated alkanes) is 2. The number of carbonyl (C=O) groups excluding carboxylic acids is 1. The van der Waals surface area contributed by atoms with E-state index >= 15 is 0 Å². The third kappa shape index (κ3) is 7.37. The third-order valence-corrected chi connectivity index (χ3v) is 2.92. The lowest BCUT2D eigenvalue weighted by Gasteiger charge is -2.26. The van der Waals surface area contributed by atoms with Crippen LogP contribution in [-0.2, 0) is 4.79 Å². The number of nitrogens with two attached hydrogens (primary N) is 1. The minimum absolute atomic E-state index is 0.139. The van der Waals surface area contributed by atoms with Crippen LogP contribution in [0.3, 0.4) is 0 Å². The van der Waals surface area contributed by atoms with Crippen LogP contribution in [0.1, 0.15) is 59.8 Å². The van der Waals surface area contributed by atoms with E-state index in [1.54, 1.807) is 0 Å². The quantitative estimate of drug-likeness (QED) is 0.676. The number of carbonyl (C=O) groups is 1. The van der Waals surface area contributed by atoms with E-state index in [0.29, 0.717) is 5.92 Å². The van der Waals surface area contributed by atoms with Crippen LogP contribution in [-0.4, -0.2) is 29.9 Å². The molecule has 0 aromatic carbocycles. The molecule has 0 saturated carbocycles. The van der Waals surface area contributed by atoms with Gasteiger partial charge in [0.2, 0.25) is 5.91 Å². The molecule has 0 aromatic rings. The van der Waals surface area contributed by atoms with E-state index in [1.807, 2.05) is 4.90 Å². The molecule has 0 spiro atoms. The lowest BCUT2D eigenvalue weighted by atomic mass is 10.0. The van der Waals surface area contributed by atoms with Gasteiger partial charge in [-0.05, 0) is 25.2 Å². The number of amides is 1. The van der Waals surface area contributed by atoms with Gasteiger partial charge in [0.05, 0.1) is 6.04 Å². The first kappa shape index (κ1) is 16.4. The van der Waals surface area contributed by atoms with Gasteiger partial charge in [0.25, 0.3) is 0 Å². The van der Waals surface area contributed by atoms with Crippen LogP contribution < -0.4 is 5.73 Å². The maximum atomic E-state index is 12.2. The molecule has 0 aliphatic rings. The predicted molar refractivity (Wildman–Crippen MR) is 73.8 cm³/mol. The standard InChI is InChI=1S/C14H30N2O/c1-5-7-9-16(10-8-6-2)14(17)13(15)11-12(3)4/h12-13H,5-11,15H2,1-4H3. The third-order valence-electron chi connectivity index (χ3n) is 2.92. The second kappa shape index (κ2) is 9.46. The Bertz CT molecular complexity index is 196. The maximum Gasteiger partial charge on any atom is 0.239 e. The molecule has 0 heterocycles. The van der Waals surface area contributed by atoms with Gasteiger partial charge in [-0.25, -0.2) is 0 Å². The Morgan fingerprint density at radius 3 is 1.94 bits per heavy atom. The minimum Gasteiger partial charge on any atom is -0.341 e. The molecule has 0 fully saturated rings. The highest BCUT2D eigenvalue weighted by atomic mass is 16.2. The van der Waals surface area contributed by atoms with E-state index < -0.39 is 0 Å². The van der Waals surface area contributed by atoms with Gasteiger partial charge in [0.1, 0.15) is 0 Å². The zero-order chi connectivity index (χ0) is 13.3. The minimum atomic E-state index is -0.316. The maximum absolute atomic E-state index is 12.2. The molecule has 0 saturated heterocycles. The molecular weight excluding hydrogens is 212 g/mol. The summed E-state index contributed by atoms with van der Waals surface area (Å²) in [6, 6.07) is -0.316. The van der Waals surface area contributed by atoms with Crippen molar-refractivity contribution in [2.45, 2.75) is 65.8 Å². The van der Waals surface area contributed by atoms with E-state index in [9.17, 15) is 4.79 Å². The summed E-state index contributed by atoms with van der Waals surface area (Å²) < 4.78 is 0. The second-order valence-corrected chi connectivity index (χ2v) is 5.27.